The molecule has 0 saturated carbocycles. The highest BCUT2D eigenvalue weighted by atomic mass is 79.9. The zero-order valence-corrected chi connectivity index (χ0v) is 11.1. The summed E-state index contributed by atoms with van der Waals surface area (Å²) in [5, 5.41) is 2.06. The van der Waals surface area contributed by atoms with Crippen LogP contribution in [0.15, 0.2) is 30.3 Å². The van der Waals surface area contributed by atoms with Gasteiger partial charge in [0.2, 0.25) is 0 Å². The van der Waals surface area contributed by atoms with E-state index in [1.165, 1.54) is 10.9 Å². The van der Waals surface area contributed by atoms with Crippen LogP contribution in [0.1, 0.15) is 11.3 Å². The van der Waals surface area contributed by atoms with Crippen LogP contribution < -0.4 is 0 Å². The van der Waals surface area contributed by atoms with E-state index in [2.05, 4.69) is 46.0 Å². The fraction of sp³-hybridized carbons (Fsp3) is 0.182. The quantitative estimate of drug-likeness (QED) is 0.724. The Kier molecular flexibility index (Phi) is 4.08. The molecule has 0 amide bonds. The Bertz CT molecular complexity index is 440. The minimum atomic E-state index is 0. The monoisotopic (exact) mass is 315 g/mol. The number of benzene rings is 1. The predicted molar refractivity (Wildman–Crippen MR) is 69.4 cm³/mol. The normalized spacial score (nSPS) is 9.86. The van der Waals surface area contributed by atoms with Gasteiger partial charge in [-0.2, -0.15) is 0 Å². The van der Waals surface area contributed by atoms with Crippen molar-refractivity contribution in [2.24, 2.45) is 0 Å². The molecule has 0 aliphatic heterocycles. The fourth-order valence-corrected chi connectivity index (χ4v) is 1.77. The van der Waals surface area contributed by atoms with Gasteiger partial charge in [0.1, 0.15) is 0 Å². The molecule has 1 heterocycles. The molecule has 74 valence electrons. The predicted octanol–water partition coefficient (Wildman–Crippen LogP) is 4.02. The van der Waals surface area contributed by atoms with Crippen molar-refractivity contribution in [3.8, 4) is 0 Å². The third-order valence-electron chi connectivity index (χ3n) is 2.11. The van der Waals surface area contributed by atoms with E-state index in [1.807, 2.05) is 12.1 Å². The molecule has 2 aromatic rings. The lowest BCUT2D eigenvalue weighted by molar-refractivity contribution is 1.22. The number of hydrogen-bond donors (Lipinski definition) is 0. The Hall–Kier alpha value is -0.410. The number of aryl methyl sites for hydroxylation is 1. The topological polar surface area (TPSA) is 12.9 Å². The second kappa shape index (κ2) is 4.89. The minimum Gasteiger partial charge on any atom is -0.252 e. The number of aromatic nitrogens is 1. The standard InChI is InChI=1S/C11H10BrN.BrH/c1-8-6-9(7-12)13-11-5-3-2-4-10(8)11;/h2-6H,7H2,1H3;1H. The van der Waals surface area contributed by atoms with Crippen molar-refractivity contribution < 1.29 is 0 Å². The summed E-state index contributed by atoms with van der Waals surface area (Å²) in [5.74, 6) is 0. The molecule has 0 fully saturated rings. The van der Waals surface area contributed by atoms with Gasteiger partial charge in [0, 0.05) is 10.7 Å². The number of para-hydroxylation sites is 1. The molecule has 0 radical (unpaired) electrons. The van der Waals surface area contributed by atoms with E-state index in [0.717, 1.165) is 16.5 Å². The average molecular weight is 317 g/mol. The van der Waals surface area contributed by atoms with Crippen LogP contribution in [0.4, 0.5) is 0 Å². The van der Waals surface area contributed by atoms with Crippen molar-refractivity contribution in [2.45, 2.75) is 12.3 Å². The molecule has 0 atom stereocenters. The number of nitrogens with zero attached hydrogens (tertiary/aromatic N) is 1. The summed E-state index contributed by atoms with van der Waals surface area (Å²) in [6.07, 6.45) is 0. The average Bonchev–Trinajstić information content (AvgIpc) is 2.18. The van der Waals surface area contributed by atoms with E-state index < -0.39 is 0 Å². The van der Waals surface area contributed by atoms with Crippen molar-refractivity contribution in [1.29, 1.82) is 0 Å². The number of fused-ring (bicyclic) bond motifs is 1. The number of alkyl halides is 1. The Morgan fingerprint density at radius 1 is 1.29 bits per heavy atom. The van der Waals surface area contributed by atoms with E-state index in [9.17, 15) is 0 Å². The third-order valence-corrected chi connectivity index (χ3v) is 2.69. The second-order valence-electron chi connectivity index (χ2n) is 3.08. The van der Waals surface area contributed by atoms with Crippen LogP contribution in [-0.2, 0) is 5.33 Å². The molecule has 2 rings (SSSR count). The molecule has 0 saturated heterocycles. The van der Waals surface area contributed by atoms with Crippen molar-refractivity contribution >= 4 is 43.8 Å². The highest BCUT2D eigenvalue weighted by molar-refractivity contribution is 9.08. The smallest absolute Gasteiger partial charge is 0.0708 e. The van der Waals surface area contributed by atoms with Crippen LogP contribution >= 0.6 is 32.9 Å². The van der Waals surface area contributed by atoms with Gasteiger partial charge in [0.05, 0.1) is 11.2 Å². The van der Waals surface area contributed by atoms with Gasteiger partial charge in [0.25, 0.3) is 0 Å². The van der Waals surface area contributed by atoms with Gasteiger partial charge in [-0.25, -0.2) is 0 Å². The SMILES string of the molecule is Br.Cc1cc(CBr)nc2ccccc12. The van der Waals surface area contributed by atoms with Gasteiger partial charge in [0.15, 0.2) is 0 Å². The van der Waals surface area contributed by atoms with E-state index in [4.69, 9.17) is 0 Å². The Morgan fingerprint density at radius 2 is 2.00 bits per heavy atom. The summed E-state index contributed by atoms with van der Waals surface area (Å²) in [7, 11) is 0. The lowest BCUT2D eigenvalue weighted by Crippen LogP contribution is -1.88. The summed E-state index contributed by atoms with van der Waals surface area (Å²) in [5.41, 5.74) is 3.47. The van der Waals surface area contributed by atoms with E-state index >= 15 is 0 Å². The van der Waals surface area contributed by atoms with Crippen molar-refractivity contribution in [3.63, 3.8) is 0 Å². The first-order chi connectivity index (χ1) is 6.31. The first kappa shape index (κ1) is 11.7. The lowest BCUT2D eigenvalue weighted by Gasteiger charge is -2.03. The maximum absolute atomic E-state index is 4.51. The number of pyridine rings is 1. The third kappa shape index (κ3) is 2.15. The molecule has 0 aliphatic carbocycles. The van der Waals surface area contributed by atoms with Crippen LogP contribution in [-0.4, -0.2) is 4.98 Å². The van der Waals surface area contributed by atoms with Gasteiger partial charge in [-0.3, -0.25) is 4.98 Å². The summed E-state index contributed by atoms with van der Waals surface area (Å²) >= 11 is 3.41. The molecule has 1 nitrogen and oxygen atoms in total. The van der Waals surface area contributed by atoms with Crippen LogP contribution in [0.3, 0.4) is 0 Å². The van der Waals surface area contributed by atoms with Gasteiger partial charge >= 0.3 is 0 Å². The maximum atomic E-state index is 4.51. The molecule has 1 aromatic heterocycles. The highest BCUT2D eigenvalue weighted by Crippen LogP contribution is 2.18. The molecule has 0 aliphatic rings. The molecule has 0 unspecified atom stereocenters. The van der Waals surface area contributed by atoms with Crippen molar-refractivity contribution in [2.75, 3.05) is 0 Å². The zero-order chi connectivity index (χ0) is 9.26. The minimum absolute atomic E-state index is 0. The first-order valence-corrected chi connectivity index (χ1v) is 5.34. The maximum Gasteiger partial charge on any atom is 0.0708 e. The van der Waals surface area contributed by atoms with Gasteiger partial charge in [-0.15, -0.1) is 17.0 Å². The van der Waals surface area contributed by atoms with Gasteiger partial charge < -0.3 is 0 Å². The van der Waals surface area contributed by atoms with Crippen LogP contribution in [0, 0.1) is 6.92 Å². The molecule has 0 N–H and O–H groups in total. The highest BCUT2D eigenvalue weighted by Gasteiger charge is 1.99. The summed E-state index contributed by atoms with van der Waals surface area (Å²) < 4.78 is 0. The van der Waals surface area contributed by atoms with Crippen LogP contribution in [0.25, 0.3) is 10.9 Å². The Labute approximate surface area is 102 Å². The lowest BCUT2D eigenvalue weighted by atomic mass is 10.1. The fourth-order valence-electron chi connectivity index (χ4n) is 1.49. The van der Waals surface area contributed by atoms with Crippen LogP contribution in [0.5, 0.6) is 0 Å². The summed E-state index contributed by atoms with van der Waals surface area (Å²) in [6, 6.07) is 10.3. The zero-order valence-electron chi connectivity index (χ0n) is 7.83. The van der Waals surface area contributed by atoms with E-state index in [-0.39, 0.29) is 17.0 Å². The first-order valence-electron chi connectivity index (χ1n) is 4.22. The second-order valence-corrected chi connectivity index (χ2v) is 3.64. The molecular formula is C11H11Br2N. The Morgan fingerprint density at radius 3 is 2.71 bits per heavy atom. The molecule has 0 spiro atoms. The molecule has 0 bridgehead atoms. The number of rotatable bonds is 1. The van der Waals surface area contributed by atoms with Crippen LogP contribution in [0.2, 0.25) is 0 Å². The van der Waals surface area contributed by atoms with E-state index in [1.54, 1.807) is 0 Å². The molecule has 14 heavy (non-hydrogen) atoms. The summed E-state index contributed by atoms with van der Waals surface area (Å²) in [4.78, 5) is 4.51. The molecule has 1 aromatic carbocycles. The van der Waals surface area contributed by atoms with Gasteiger partial charge in [-0.05, 0) is 24.6 Å². The molecule has 3 heteroatoms. The van der Waals surface area contributed by atoms with Gasteiger partial charge in [-0.1, -0.05) is 34.1 Å². The van der Waals surface area contributed by atoms with Crippen molar-refractivity contribution in [1.82, 2.24) is 4.98 Å². The number of halogens is 2. The van der Waals surface area contributed by atoms with E-state index in [0.29, 0.717) is 0 Å². The number of hydrogen-bond acceptors (Lipinski definition) is 1. The molecular weight excluding hydrogens is 306 g/mol. The Balaban J connectivity index is 0.000000980. The summed E-state index contributed by atoms with van der Waals surface area (Å²) in [6.45, 7) is 2.12. The van der Waals surface area contributed by atoms with Crippen molar-refractivity contribution in [3.05, 3.63) is 41.6 Å². The largest absolute Gasteiger partial charge is 0.252 e.